The van der Waals surface area contributed by atoms with Gasteiger partial charge in [-0.1, -0.05) is 30.3 Å². The molecule has 0 unspecified atom stereocenters. The lowest BCUT2D eigenvalue weighted by atomic mass is 9.91. The number of aliphatic hydroxyl groups is 1. The molecule has 1 aromatic rings. The molecule has 1 N–H and O–H groups in total. The molecule has 2 heterocycles. The maximum absolute atomic E-state index is 9.31. The molecule has 2 atom stereocenters. The maximum atomic E-state index is 9.31. The number of rotatable bonds is 3. The first-order chi connectivity index (χ1) is 8.36. The van der Waals surface area contributed by atoms with Crippen LogP contribution in [0.3, 0.4) is 0 Å². The molecule has 2 bridgehead atoms. The highest BCUT2D eigenvalue weighted by atomic mass is 16.3. The summed E-state index contributed by atoms with van der Waals surface area (Å²) >= 11 is 0. The van der Waals surface area contributed by atoms with Crippen LogP contribution in [-0.4, -0.2) is 28.7 Å². The van der Waals surface area contributed by atoms with Crippen LogP contribution >= 0.6 is 0 Å². The van der Waals surface area contributed by atoms with Crippen LogP contribution in [0.15, 0.2) is 30.3 Å². The molecule has 0 spiro atoms. The zero-order valence-corrected chi connectivity index (χ0v) is 10.3. The topological polar surface area (TPSA) is 23.5 Å². The average Bonchev–Trinajstić information content (AvgIpc) is 2.63. The van der Waals surface area contributed by atoms with Crippen molar-refractivity contribution in [1.29, 1.82) is 0 Å². The second-order valence-corrected chi connectivity index (χ2v) is 5.56. The summed E-state index contributed by atoms with van der Waals surface area (Å²) in [4.78, 5) is 2.67. The Morgan fingerprint density at radius 1 is 1.06 bits per heavy atom. The summed E-state index contributed by atoms with van der Waals surface area (Å²) in [6.45, 7) is 1.47. The molecule has 2 aliphatic heterocycles. The molecule has 2 aliphatic rings. The lowest BCUT2D eigenvalue weighted by molar-refractivity contribution is 0.0683. The Hall–Kier alpha value is -0.860. The molecular weight excluding hydrogens is 210 g/mol. The second-order valence-electron chi connectivity index (χ2n) is 5.56. The normalized spacial score (nSPS) is 32.9. The van der Waals surface area contributed by atoms with Crippen molar-refractivity contribution >= 4 is 0 Å². The Bertz CT molecular complexity index is 350. The van der Waals surface area contributed by atoms with E-state index < -0.39 is 0 Å². The number of hydrogen-bond acceptors (Lipinski definition) is 2. The Morgan fingerprint density at radius 3 is 2.29 bits per heavy atom. The molecule has 2 fully saturated rings. The fourth-order valence-corrected chi connectivity index (χ4v) is 3.59. The lowest BCUT2D eigenvalue weighted by Gasteiger charge is -2.38. The monoisotopic (exact) mass is 231 g/mol. The highest BCUT2D eigenvalue weighted by Gasteiger charge is 2.39. The zero-order chi connectivity index (χ0) is 11.7. The molecule has 2 nitrogen and oxygen atoms in total. The molecule has 0 aliphatic carbocycles. The molecule has 2 saturated heterocycles. The zero-order valence-electron chi connectivity index (χ0n) is 10.3. The second kappa shape index (κ2) is 4.79. The third-order valence-corrected chi connectivity index (χ3v) is 4.45. The first kappa shape index (κ1) is 11.2. The summed E-state index contributed by atoms with van der Waals surface area (Å²) in [6.07, 6.45) is 5.04. The van der Waals surface area contributed by atoms with Gasteiger partial charge in [-0.3, -0.25) is 4.90 Å². The van der Waals surface area contributed by atoms with Crippen molar-refractivity contribution in [3.63, 3.8) is 0 Å². The van der Waals surface area contributed by atoms with Crippen molar-refractivity contribution in [2.24, 2.45) is 5.92 Å². The van der Waals surface area contributed by atoms with Gasteiger partial charge in [-0.15, -0.1) is 0 Å². The van der Waals surface area contributed by atoms with E-state index in [2.05, 4.69) is 35.2 Å². The summed E-state index contributed by atoms with van der Waals surface area (Å²) in [5.41, 5.74) is 1.42. The van der Waals surface area contributed by atoms with Gasteiger partial charge < -0.3 is 5.11 Å². The van der Waals surface area contributed by atoms with Gasteiger partial charge in [0.25, 0.3) is 0 Å². The molecule has 17 heavy (non-hydrogen) atoms. The van der Waals surface area contributed by atoms with Crippen LogP contribution in [0.2, 0.25) is 0 Å². The van der Waals surface area contributed by atoms with Gasteiger partial charge in [0, 0.05) is 25.2 Å². The summed E-state index contributed by atoms with van der Waals surface area (Å²) in [6, 6.07) is 12.2. The Morgan fingerprint density at radius 2 is 1.71 bits per heavy atom. The third kappa shape index (κ3) is 2.24. The Kier molecular flexibility index (Phi) is 3.17. The van der Waals surface area contributed by atoms with Gasteiger partial charge in [-0.05, 0) is 37.2 Å². The van der Waals surface area contributed by atoms with Gasteiger partial charge in [0.2, 0.25) is 0 Å². The van der Waals surface area contributed by atoms with Crippen molar-refractivity contribution in [3.8, 4) is 0 Å². The fraction of sp³-hybridized carbons (Fsp3) is 0.600. The standard InChI is InChI=1S/C15H21NO/c17-11-13-8-14-6-7-15(9-13)16(14)10-12-4-2-1-3-5-12/h1-5,13-15,17H,6-11H2/t14-,15-/m1/s1. The Labute approximate surface area is 103 Å². The molecule has 3 rings (SSSR count). The fourth-order valence-electron chi connectivity index (χ4n) is 3.59. The highest BCUT2D eigenvalue weighted by Crippen LogP contribution is 2.39. The molecule has 92 valence electrons. The smallest absolute Gasteiger partial charge is 0.0460 e. The van der Waals surface area contributed by atoms with Gasteiger partial charge in [0.05, 0.1) is 0 Å². The number of nitrogens with zero attached hydrogens (tertiary/aromatic N) is 1. The minimum Gasteiger partial charge on any atom is -0.396 e. The van der Waals surface area contributed by atoms with Gasteiger partial charge in [0.15, 0.2) is 0 Å². The van der Waals surface area contributed by atoms with Gasteiger partial charge in [0.1, 0.15) is 0 Å². The van der Waals surface area contributed by atoms with E-state index in [1.54, 1.807) is 0 Å². The molecule has 0 amide bonds. The first-order valence-corrected chi connectivity index (χ1v) is 6.77. The average molecular weight is 231 g/mol. The van der Waals surface area contributed by atoms with Crippen molar-refractivity contribution < 1.29 is 5.11 Å². The van der Waals surface area contributed by atoms with Crippen molar-refractivity contribution in [1.82, 2.24) is 4.90 Å². The van der Waals surface area contributed by atoms with Crippen LogP contribution in [0.1, 0.15) is 31.2 Å². The van der Waals surface area contributed by atoms with Gasteiger partial charge in [-0.2, -0.15) is 0 Å². The largest absolute Gasteiger partial charge is 0.396 e. The molecule has 0 saturated carbocycles. The predicted octanol–water partition coefficient (Wildman–Crippen LogP) is 2.42. The molecule has 0 aromatic heterocycles. The van der Waals surface area contributed by atoms with Crippen LogP contribution < -0.4 is 0 Å². The molecular formula is C15H21NO. The SMILES string of the molecule is OCC1C[C@H]2CC[C@H](C1)N2Cc1ccccc1. The summed E-state index contributed by atoms with van der Waals surface area (Å²) in [5, 5.41) is 9.31. The van der Waals surface area contributed by atoms with E-state index in [0.717, 1.165) is 6.54 Å². The van der Waals surface area contributed by atoms with E-state index >= 15 is 0 Å². The first-order valence-electron chi connectivity index (χ1n) is 6.77. The van der Waals surface area contributed by atoms with Crippen LogP contribution in [-0.2, 0) is 6.54 Å². The van der Waals surface area contributed by atoms with Crippen molar-refractivity contribution in [3.05, 3.63) is 35.9 Å². The van der Waals surface area contributed by atoms with Gasteiger partial charge in [-0.25, -0.2) is 0 Å². The minimum absolute atomic E-state index is 0.381. The third-order valence-electron chi connectivity index (χ3n) is 4.45. The molecule has 0 radical (unpaired) electrons. The quantitative estimate of drug-likeness (QED) is 0.863. The van der Waals surface area contributed by atoms with Crippen molar-refractivity contribution in [2.45, 2.75) is 44.3 Å². The summed E-state index contributed by atoms with van der Waals surface area (Å²) in [5.74, 6) is 0.555. The van der Waals surface area contributed by atoms with E-state index in [9.17, 15) is 5.11 Å². The van der Waals surface area contributed by atoms with E-state index in [-0.39, 0.29) is 0 Å². The molecule has 2 heteroatoms. The number of aliphatic hydroxyl groups excluding tert-OH is 1. The van der Waals surface area contributed by atoms with E-state index in [0.29, 0.717) is 24.6 Å². The van der Waals surface area contributed by atoms with E-state index in [1.807, 2.05) is 0 Å². The van der Waals surface area contributed by atoms with Crippen LogP contribution in [0.25, 0.3) is 0 Å². The highest BCUT2D eigenvalue weighted by molar-refractivity contribution is 5.15. The predicted molar refractivity (Wildman–Crippen MR) is 68.6 cm³/mol. The number of benzene rings is 1. The minimum atomic E-state index is 0.381. The number of hydrogen-bond donors (Lipinski definition) is 1. The Balaban J connectivity index is 1.69. The van der Waals surface area contributed by atoms with Crippen LogP contribution in [0, 0.1) is 5.92 Å². The van der Waals surface area contributed by atoms with E-state index in [4.69, 9.17) is 0 Å². The summed E-state index contributed by atoms with van der Waals surface area (Å²) < 4.78 is 0. The van der Waals surface area contributed by atoms with E-state index in [1.165, 1.54) is 31.2 Å². The van der Waals surface area contributed by atoms with Crippen LogP contribution in [0.5, 0.6) is 0 Å². The lowest BCUT2D eigenvalue weighted by Crippen LogP contribution is -2.43. The van der Waals surface area contributed by atoms with Gasteiger partial charge >= 0.3 is 0 Å². The summed E-state index contributed by atoms with van der Waals surface area (Å²) in [7, 11) is 0. The molecule has 1 aromatic carbocycles. The maximum Gasteiger partial charge on any atom is 0.0460 e. The van der Waals surface area contributed by atoms with Crippen molar-refractivity contribution in [2.75, 3.05) is 6.61 Å². The van der Waals surface area contributed by atoms with Crippen LogP contribution in [0.4, 0.5) is 0 Å². The number of piperidine rings is 1. The number of fused-ring (bicyclic) bond motifs is 2.